The third kappa shape index (κ3) is 3.17. The molecule has 2 aliphatic rings. The maximum atomic E-state index is 12.3. The lowest BCUT2D eigenvalue weighted by molar-refractivity contribution is 0.0772. The molecule has 0 bridgehead atoms. The Morgan fingerprint density at radius 2 is 1.91 bits per heavy atom. The van der Waals surface area contributed by atoms with E-state index >= 15 is 0 Å². The molecule has 1 aromatic heterocycles. The maximum absolute atomic E-state index is 12.3. The third-order valence-electron chi connectivity index (χ3n) is 4.88. The largest absolute Gasteiger partial charge is 0.337 e. The summed E-state index contributed by atoms with van der Waals surface area (Å²) < 4.78 is 24.7. The van der Waals surface area contributed by atoms with Crippen LogP contribution in [0.4, 0.5) is 0 Å². The highest BCUT2D eigenvalue weighted by molar-refractivity contribution is 7.88. The van der Waals surface area contributed by atoms with E-state index < -0.39 is 10.0 Å². The van der Waals surface area contributed by atoms with Crippen LogP contribution in [0.3, 0.4) is 0 Å². The van der Waals surface area contributed by atoms with Gasteiger partial charge in [-0.05, 0) is 37.2 Å². The number of H-pyrrole nitrogens is 1. The van der Waals surface area contributed by atoms with Crippen molar-refractivity contribution in [1.29, 1.82) is 0 Å². The Morgan fingerprint density at radius 3 is 2.50 bits per heavy atom. The Morgan fingerprint density at radius 1 is 1.23 bits per heavy atom. The molecule has 0 aliphatic carbocycles. The third-order valence-corrected chi connectivity index (χ3v) is 6.18. The van der Waals surface area contributed by atoms with E-state index in [0.717, 1.165) is 32.4 Å². The molecule has 0 aromatic carbocycles. The second-order valence-corrected chi connectivity index (χ2v) is 8.25. The van der Waals surface area contributed by atoms with Crippen LogP contribution in [-0.2, 0) is 10.0 Å². The van der Waals surface area contributed by atoms with E-state index in [9.17, 15) is 13.2 Å². The predicted molar refractivity (Wildman–Crippen MR) is 81.7 cm³/mol. The molecule has 1 unspecified atom stereocenters. The number of likely N-dealkylation sites (tertiary alicyclic amines) is 1. The lowest BCUT2D eigenvalue weighted by Gasteiger charge is -2.33. The van der Waals surface area contributed by atoms with Crippen LogP contribution in [-0.4, -0.2) is 66.2 Å². The number of carbonyl (C=O) groups is 1. The van der Waals surface area contributed by atoms with Crippen molar-refractivity contribution in [3.05, 3.63) is 18.0 Å². The number of nitrogens with one attached hydrogen (secondary N) is 1. The van der Waals surface area contributed by atoms with E-state index in [2.05, 4.69) is 10.2 Å². The second kappa shape index (κ2) is 6.00. The molecule has 0 saturated carbocycles. The van der Waals surface area contributed by atoms with Gasteiger partial charge in [0.05, 0.1) is 6.26 Å². The van der Waals surface area contributed by atoms with Gasteiger partial charge >= 0.3 is 0 Å². The summed E-state index contributed by atoms with van der Waals surface area (Å²) in [6.45, 7) is 2.75. The van der Waals surface area contributed by atoms with Crippen molar-refractivity contribution < 1.29 is 13.2 Å². The molecule has 3 rings (SSSR count). The van der Waals surface area contributed by atoms with Gasteiger partial charge < -0.3 is 4.90 Å². The molecule has 8 heteroatoms. The Bertz CT molecular complexity index is 621. The van der Waals surface area contributed by atoms with Crippen LogP contribution < -0.4 is 0 Å². The second-order valence-electron chi connectivity index (χ2n) is 6.27. The molecule has 2 saturated heterocycles. The van der Waals surface area contributed by atoms with Crippen LogP contribution in [0, 0.1) is 11.8 Å². The summed E-state index contributed by atoms with van der Waals surface area (Å²) in [6, 6.07) is 1.69. The number of amides is 1. The molecule has 0 radical (unpaired) electrons. The number of sulfonamides is 1. The molecule has 3 heterocycles. The number of hydrogen-bond donors (Lipinski definition) is 1. The molecule has 2 fully saturated rings. The average Bonchev–Trinajstić information content (AvgIpc) is 3.17. The zero-order valence-electron chi connectivity index (χ0n) is 12.7. The van der Waals surface area contributed by atoms with Crippen molar-refractivity contribution in [2.75, 3.05) is 32.4 Å². The van der Waals surface area contributed by atoms with Gasteiger partial charge in [-0.1, -0.05) is 0 Å². The Kier molecular flexibility index (Phi) is 4.22. The number of nitrogens with zero attached hydrogens (tertiary/aromatic N) is 3. The minimum absolute atomic E-state index is 0.00794. The molecule has 7 nitrogen and oxygen atoms in total. The van der Waals surface area contributed by atoms with Gasteiger partial charge in [0.1, 0.15) is 5.69 Å². The highest BCUT2D eigenvalue weighted by Gasteiger charge is 2.35. The predicted octanol–water partition coefficient (Wildman–Crippen LogP) is 0.543. The first kappa shape index (κ1) is 15.5. The summed E-state index contributed by atoms with van der Waals surface area (Å²) in [5, 5.41) is 6.54. The number of hydrogen-bond acceptors (Lipinski definition) is 4. The molecular formula is C14H22N4O3S. The lowest BCUT2D eigenvalue weighted by Crippen LogP contribution is -2.40. The fraction of sp³-hybridized carbons (Fsp3) is 0.714. The highest BCUT2D eigenvalue weighted by Crippen LogP contribution is 2.32. The molecule has 1 amide bonds. The van der Waals surface area contributed by atoms with Crippen LogP contribution in [0.15, 0.2) is 12.3 Å². The van der Waals surface area contributed by atoms with Crippen molar-refractivity contribution in [2.24, 2.45) is 11.8 Å². The number of aromatic nitrogens is 2. The number of carbonyl (C=O) groups excluding carboxylic acids is 1. The van der Waals surface area contributed by atoms with Gasteiger partial charge in [0.15, 0.2) is 0 Å². The molecule has 22 heavy (non-hydrogen) atoms. The highest BCUT2D eigenvalue weighted by atomic mass is 32.2. The smallest absolute Gasteiger partial charge is 0.271 e. The Labute approximate surface area is 130 Å². The molecule has 0 spiro atoms. The topological polar surface area (TPSA) is 86.4 Å². The molecule has 122 valence electrons. The molecule has 1 N–H and O–H groups in total. The maximum Gasteiger partial charge on any atom is 0.271 e. The minimum Gasteiger partial charge on any atom is -0.337 e. The average molecular weight is 326 g/mol. The molecule has 2 aliphatic heterocycles. The minimum atomic E-state index is -3.07. The van der Waals surface area contributed by atoms with Crippen LogP contribution in [0.5, 0.6) is 0 Å². The van der Waals surface area contributed by atoms with Crippen molar-refractivity contribution in [1.82, 2.24) is 19.4 Å². The summed E-state index contributed by atoms with van der Waals surface area (Å²) >= 11 is 0. The van der Waals surface area contributed by atoms with E-state index in [1.54, 1.807) is 16.6 Å². The van der Waals surface area contributed by atoms with E-state index in [1.165, 1.54) is 6.26 Å². The number of piperidine rings is 1. The van der Waals surface area contributed by atoms with Gasteiger partial charge in [-0.3, -0.25) is 9.89 Å². The first-order chi connectivity index (χ1) is 10.4. The zero-order valence-corrected chi connectivity index (χ0v) is 13.6. The van der Waals surface area contributed by atoms with Crippen LogP contribution in [0.25, 0.3) is 0 Å². The molecule has 1 aromatic rings. The fourth-order valence-electron chi connectivity index (χ4n) is 3.58. The first-order valence-corrected chi connectivity index (χ1v) is 9.54. The quantitative estimate of drug-likeness (QED) is 0.878. The van der Waals surface area contributed by atoms with E-state index in [1.807, 2.05) is 4.90 Å². The first-order valence-electron chi connectivity index (χ1n) is 7.69. The Hall–Kier alpha value is -1.41. The molecular weight excluding hydrogens is 304 g/mol. The van der Waals surface area contributed by atoms with E-state index in [0.29, 0.717) is 30.6 Å². The molecule has 1 atom stereocenters. The summed E-state index contributed by atoms with van der Waals surface area (Å²) in [5.74, 6) is 1.000. The summed E-state index contributed by atoms with van der Waals surface area (Å²) in [4.78, 5) is 14.2. The number of rotatable bonds is 3. The van der Waals surface area contributed by atoms with Crippen LogP contribution >= 0.6 is 0 Å². The lowest BCUT2D eigenvalue weighted by atomic mass is 9.84. The summed E-state index contributed by atoms with van der Waals surface area (Å²) in [7, 11) is -3.07. The normalized spacial score (nSPS) is 24.8. The Balaban J connectivity index is 1.55. The summed E-state index contributed by atoms with van der Waals surface area (Å²) in [6.07, 6.45) is 5.65. The monoisotopic (exact) mass is 326 g/mol. The van der Waals surface area contributed by atoms with Gasteiger partial charge in [-0.2, -0.15) is 5.10 Å². The van der Waals surface area contributed by atoms with Crippen LogP contribution in [0.1, 0.15) is 29.8 Å². The van der Waals surface area contributed by atoms with Gasteiger partial charge in [0.2, 0.25) is 10.0 Å². The van der Waals surface area contributed by atoms with E-state index in [-0.39, 0.29) is 5.91 Å². The van der Waals surface area contributed by atoms with Crippen molar-refractivity contribution in [3.8, 4) is 0 Å². The van der Waals surface area contributed by atoms with Crippen molar-refractivity contribution in [3.63, 3.8) is 0 Å². The van der Waals surface area contributed by atoms with Gasteiger partial charge in [0.25, 0.3) is 5.91 Å². The van der Waals surface area contributed by atoms with E-state index in [4.69, 9.17) is 0 Å². The fourth-order valence-corrected chi connectivity index (χ4v) is 4.45. The van der Waals surface area contributed by atoms with Gasteiger partial charge in [-0.25, -0.2) is 12.7 Å². The van der Waals surface area contributed by atoms with Crippen molar-refractivity contribution >= 4 is 15.9 Å². The van der Waals surface area contributed by atoms with Crippen molar-refractivity contribution in [2.45, 2.75) is 19.3 Å². The van der Waals surface area contributed by atoms with Gasteiger partial charge in [-0.15, -0.1) is 0 Å². The summed E-state index contributed by atoms with van der Waals surface area (Å²) in [5.41, 5.74) is 0.535. The zero-order chi connectivity index (χ0) is 15.7. The van der Waals surface area contributed by atoms with Crippen LogP contribution in [0.2, 0.25) is 0 Å². The number of aromatic amines is 1. The van der Waals surface area contributed by atoms with Gasteiger partial charge in [0, 0.05) is 32.4 Å². The standard InChI is InChI=1S/C14H22N4O3S/c1-22(20,21)18-8-4-11(5-9-18)12-3-7-17(10-12)14(19)13-2-6-15-16-13/h2,6,11-12H,3-5,7-10H2,1H3,(H,15,16). The SMILES string of the molecule is CS(=O)(=O)N1CCC(C2CCN(C(=O)c3ccn[nH]3)C2)CC1.